The normalized spacial score (nSPS) is 12.0. The van der Waals surface area contributed by atoms with Gasteiger partial charge in [-0.15, -0.1) is 11.3 Å². The molecular formula is C21H23N3O3S. The first-order valence-corrected chi connectivity index (χ1v) is 9.82. The highest BCUT2D eigenvalue weighted by Crippen LogP contribution is 2.25. The zero-order valence-corrected chi connectivity index (χ0v) is 17.1. The fraction of sp³-hybridized carbons (Fsp3) is 0.286. The molecule has 0 bridgehead atoms. The zero-order chi connectivity index (χ0) is 20.3. The van der Waals surface area contributed by atoms with Crippen LogP contribution in [0.15, 0.2) is 42.5 Å². The number of hydrogen-bond donors (Lipinski definition) is 2. The molecule has 0 aliphatic heterocycles. The monoisotopic (exact) mass is 397 g/mol. The highest BCUT2D eigenvalue weighted by atomic mass is 32.1. The average molecular weight is 398 g/mol. The molecule has 0 fully saturated rings. The van der Waals surface area contributed by atoms with Crippen molar-refractivity contribution in [3.63, 3.8) is 0 Å². The van der Waals surface area contributed by atoms with Crippen molar-refractivity contribution in [1.29, 1.82) is 0 Å². The number of fused-ring (bicyclic) bond motifs is 1. The van der Waals surface area contributed by atoms with Gasteiger partial charge in [-0.2, -0.15) is 0 Å². The Morgan fingerprint density at radius 2 is 1.82 bits per heavy atom. The molecule has 0 radical (unpaired) electrons. The van der Waals surface area contributed by atoms with Gasteiger partial charge in [0, 0.05) is 11.3 Å². The summed E-state index contributed by atoms with van der Waals surface area (Å²) in [6.45, 7) is 5.75. The topological polar surface area (TPSA) is 80.3 Å². The number of thiazole rings is 1. The van der Waals surface area contributed by atoms with Crippen LogP contribution < -0.4 is 15.4 Å². The molecule has 3 rings (SSSR count). The number of carbonyl (C=O) groups excluding carboxylic acids is 2. The van der Waals surface area contributed by atoms with Gasteiger partial charge < -0.3 is 15.4 Å². The molecule has 0 saturated heterocycles. The van der Waals surface area contributed by atoms with Gasteiger partial charge in [-0.25, -0.2) is 4.98 Å². The van der Waals surface area contributed by atoms with Crippen LogP contribution in [0.4, 0.5) is 5.69 Å². The third kappa shape index (κ3) is 4.48. The highest BCUT2D eigenvalue weighted by molar-refractivity contribution is 7.18. The van der Waals surface area contributed by atoms with E-state index in [1.807, 2.05) is 39.0 Å². The lowest BCUT2D eigenvalue weighted by molar-refractivity contribution is -0.118. The molecule has 0 spiro atoms. The van der Waals surface area contributed by atoms with E-state index in [1.165, 1.54) is 0 Å². The third-order valence-electron chi connectivity index (χ3n) is 4.35. The Morgan fingerprint density at radius 1 is 1.11 bits per heavy atom. The van der Waals surface area contributed by atoms with Crippen LogP contribution in [0, 0.1) is 12.8 Å². The zero-order valence-electron chi connectivity index (χ0n) is 16.3. The van der Waals surface area contributed by atoms with E-state index in [-0.39, 0.29) is 17.7 Å². The first-order valence-electron chi connectivity index (χ1n) is 9.00. The lowest BCUT2D eigenvalue weighted by Crippen LogP contribution is -2.47. The smallest absolute Gasteiger partial charge is 0.251 e. The van der Waals surface area contributed by atoms with Crippen molar-refractivity contribution in [3.05, 3.63) is 53.0 Å². The van der Waals surface area contributed by atoms with Crippen molar-refractivity contribution in [2.45, 2.75) is 26.8 Å². The van der Waals surface area contributed by atoms with E-state index in [0.29, 0.717) is 17.0 Å². The van der Waals surface area contributed by atoms with E-state index in [4.69, 9.17) is 4.74 Å². The van der Waals surface area contributed by atoms with Crippen molar-refractivity contribution < 1.29 is 14.3 Å². The maximum absolute atomic E-state index is 12.8. The van der Waals surface area contributed by atoms with E-state index < -0.39 is 6.04 Å². The molecule has 0 aliphatic carbocycles. The van der Waals surface area contributed by atoms with E-state index in [1.54, 1.807) is 42.7 Å². The van der Waals surface area contributed by atoms with Gasteiger partial charge in [0.05, 0.1) is 22.3 Å². The molecule has 2 aromatic carbocycles. The van der Waals surface area contributed by atoms with Crippen LogP contribution in [0.5, 0.6) is 5.75 Å². The van der Waals surface area contributed by atoms with Gasteiger partial charge in [-0.1, -0.05) is 13.8 Å². The van der Waals surface area contributed by atoms with E-state index in [9.17, 15) is 9.59 Å². The molecule has 1 aromatic heterocycles. The largest absolute Gasteiger partial charge is 0.497 e. The summed E-state index contributed by atoms with van der Waals surface area (Å²) in [5.74, 6) is 0.0439. The van der Waals surface area contributed by atoms with Crippen LogP contribution >= 0.6 is 11.3 Å². The summed E-state index contributed by atoms with van der Waals surface area (Å²) in [5, 5.41) is 6.71. The van der Waals surface area contributed by atoms with Crippen LogP contribution in [-0.4, -0.2) is 29.9 Å². The lowest BCUT2D eigenvalue weighted by Gasteiger charge is -2.22. The summed E-state index contributed by atoms with van der Waals surface area (Å²) in [6, 6.07) is 11.7. The van der Waals surface area contributed by atoms with Crippen LogP contribution in [0.1, 0.15) is 29.2 Å². The number of nitrogens with one attached hydrogen (secondary N) is 2. The van der Waals surface area contributed by atoms with Crippen molar-refractivity contribution in [1.82, 2.24) is 10.3 Å². The molecule has 0 saturated carbocycles. The lowest BCUT2D eigenvalue weighted by atomic mass is 10.0. The number of rotatable bonds is 6. The maximum Gasteiger partial charge on any atom is 0.251 e. The van der Waals surface area contributed by atoms with Gasteiger partial charge in [-0.05, 0) is 55.3 Å². The SMILES string of the molecule is COc1ccc(C(=O)NC(C(=O)Nc2ccc3nc(C)sc3c2)C(C)C)cc1. The maximum atomic E-state index is 12.8. The molecule has 0 aliphatic rings. The van der Waals surface area contributed by atoms with Gasteiger partial charge >= 0.3 is 0 Å². The summed E-state index contributed by atoms with van der Waals surface area (Å²) in [4.78, 5) is 29.8. The number of nitrogens with zero attached hydrogens (tertiary/aromatic N) is 1. The Bertz CT molecular complexity index is 996. The predicted octanol–water partition coefficient (Wildman–Crippen LogP) is 4.01. The molecule has 2 N–H and O–H groups in total. The molecule has 146 valence electrons. The minimum Gasteiger partial charge on any atom is -0.497 e. The van der Waals surface area contributed by atoms with E-state index >= 15 is 0 Å². The Balaban J connectivity index is 1.72. The summed E-state index contributed by atoms with van der Waals surface area (Å²) >= 11 is 1.58. The fourth-order valence-electron chi connectivity index (χ4n) is 2.84. The Hall–Kier alpha value is -2.93. The quantitative estimate of drug-likeness (QED) is 0.659. The molecule has 3 aromatic rings. The summed E-state index contributed by atoms with van der Waals surface area (Å²) in [5.41, 5.74) is 2.07. The van der Waals surface area contributed by atoms with Gasteiger partial charge in [0.2, 0.25) is 5.91 Å². The number of ether oxygens (including phenoxy) is 1. The Kier molecular flexibility index (Phi) is 5.94. The van der Waals surface area contributed by atoms with E-state index in [2.05, 4.69) is 15.6 Å². The number of aromatic nitrogens is 1. The standard InChI is InChI=1S/C21H23N3O3S/c1-12(2)19(24-20(25)14-5-8-16(27-4)9-6-14)21(26)23-15-7-10-17-18(11-15)28-13(3)22-17/h5-12,19H,1-4H3,(H,23,26)(H,24,25). The Morgan fingerprint density at radius 3 is 2.46 bits per heavy atom. The van der Waals surface area contributed by atoms with Crippen LogP contribution in [0.2, 0.25) is 0 Å². The van der Waals surface area contributed by atoms with Crippen molar-refractivity contribution >= 4 is 39.1 Å². The summed E-state index contributed by atoms with van der Waals surface area (Å²) in [7, 11) is 1.57. The van der Waals surface area contributed by atoms with Crippen molar-refractivity contribution in [3.8, 4) is 5.75 Å². The number of carbonyl (C=O) groups is 2. The number of methoxy groups -OCH3 is 1. The second-order valence-corrected chi connectivity index (χ2v) is 8.06. The molecule has 1 heterocycles. The average Bonchev–Trinajstić information content (AvgIpc) is 3.04. The third-order valence-corrected chi connectivity index (χ3v) is 5.28. The van der Waals surface area contributed by atoms with Crippen molar-refractivity contribution in [2.24, 2.45) is 5.92 Å². The molecule has 28 heavy (non-hydrogen) atoms. The molecule has 1 atom stereocenters. The summed E-state index contributed by atoms with van der Waals surface area (Å²) in [6.07, 6.45) is 0. The van der Waals surface area contributed by atoms with Crippen molar-refractivity contribution in [2.75, 3.05) is 12.4 Å². The number of amides is 2. The number of anilines is 1. The molecular weight excluding hydrogens is 374 g/mol. The molecule has 2 amide bonds. The summed E-state index contributed by atoms with van der Waals surface area (Å²) < 4.78 is 6.12. The number of benzene rings is 2. The predicted molar refractivity (Wildman–Crippen MR) is 112 cm³/mol. The minimum absolute atomic E-state index is 0.0726. The van der Waals surface area contributed by atoms with Gasteiger partial charge in [0.1, 0.15) is 11.8 Å². The first kappa shape index (κ1) is 19.8. The number of hydrogen-bond acceptors (Lipinski definition) is 5. The van der Waals surface area contributed by atoms with Gasteiger partial charge in [0.25, 0.3) is 5.91 Å². The van der Waals surface area contributed by atoms with Crippen LogP contribution in [-0.2, 0) is 4.79 Å². The molecule has 7 heteroatoms. The van der Waals surface area contributed by atoms with Gasteiger partial charge in [-0.3, -0.25) is 9.59 Å². The minimum atomic E-state index is -0.659. The Labute approximate surface area is 167 Å². The first-order chi connectivity index (χ1) is 13.4. The number of aryl methyl sites for hydroxylation is 1. The van der Waals surface area contributed by atoms with Crippen LogP contribution in [0.25, 0.3) is 10.2 Å². The van der Waals surface area contributed by atoms with Crippen LogP contribution in [0.3, 0.4) is 0 Å². The molecule has 6 nitrogen and oxygen atoms in total. The molecule has 1 unspecified atom stereocenters. The second-order valence-electron chi connectivity index (χ2n) is 6.83. The van der Waals surface area contributed by atoms with E-state index in [0.717, 1.165) is 15.2 Å². The van der Waals surface area contributed by atoms with Gasteiger partial charge in [0.15, 0.2) is 0 Å². The fourth-order valence-corrected chi connectivity index (χ4v) is 3.71. The highest BCUT2D eigenvalue weighted by Gasteiger charge is 2.25. The second kappa shape index (κ2) is 8.39.